The Morgan fingerprint density at radius 3 is 2.81 bits per heavy atom. The molecule has 4 heterocycles. The maximum absolute atomic E-state index is 12.7. The average Bonchev–Trinajstić information content (AvgIpc) is 3.10. The molecule has 0 aromatic carbocycles. The van der Waals surface area contributed by atoms with Crippen molar-refractivity contribution in [2.75, 3.05) is 5.32 Å². The summed E-state index contributed by atoms with van der Waals surface area (Å²) < 4.78 is 7.18. The molecule has 128 valence electrons. The summed E-state index contributed by atoms with van der Waals surface area (Å²) in [6.07, 6.45) is 7.44. The molecule has 0 unspecified atom stereocenters. The van der Waals surface area contributed by atoms with Gasteiger partial charge in [-0.15, -0.1) is 0 Å². The number of rotatable bonds is 4. The van der Waals surface area contributed by atoms with E-state index in [1.165, 1.54) is 29.6 Å². The van der Waals surface area contributed by atoms with Gasteiger partial charge in [-0.3, -0.25) is 4.79 Å². The summed E-state index contributed by atoms with van der Waals surface area (Å²) in [6, 6.07) is 6.97. The van der Waals surface area contributed by atoms with E-state index in [9.17, 15) is 4.79 Å². The smallest absolute Gasteiger partial charge is 0.260 e. The molecule has 0 saturated heterocycles. The van der Waals surface area contributed by atoms with E-state index in [2.05, 4.69) is 30.4 Å². The second-order valence-corrected chi connectivity index (χ2v) is 5.41. The highest BCUT2D eigenvalue weighted by Crippen LogP contribution is 2.23. The molecule has 0 aliphatic carbocycles. The largest absolute Gasteiger partial charge is 0.452 e. The van der Waals surface area contributed by atoms with Crippen molar-refractivity contribution in [3.8, 4) is 11.5 Å². The van der Waals surface area contributed by atoms with Crippen LogP contribution in [0.25, 0.3) is 5.65 Å². The molecular weight excluding hydrogens is 334 g/mol. The highest BCUT2D eigenvalue weighted by atomic mass is 16.5. The number of carbonyl (C=O) groups is 1. The second-order valence-electron chi connectivity index (χ2n) is 5.41. The number of fused-ring (bicyclic) bond motifs is 1. The maximum Gasteiger partial charge on any atom is 0.260 e. The fourth-order valence-electron chi connectivity index (χ4n) is 2.40. The summed E-state index contributed by atoms with van der Waals surface area (Å²) in [5.74, 6) is 0.935. The van der Waals surface area contributed by atoms with Gasteiger partial charge >= 0.3 is 0 Å². The zero-order valence-electron chi connectivity index (χ0n) is 13.7. The van der Waals surface area contributed by atoms with Crippen LogP contribution in [0.15, 0.2) is 55.5 Å². The van der Waals surface area contributed by atoms with Gasteiger partial charge in [0.15, 0.2) is 11.4 Å². The molecule has 4 aromatic rings. The normalized spacial score (nSPS) is 10.7. The first-order valence-corrected chi connectivity index (χ1v) is 7.70. The van der Waals surface area contributed by atoms with Crippen molar-refractivity contribution in [3.63, 3.8) is 0 Å². The lowest BCUT2D eigenvalue weighted by molar-refractivity contribution is 0.102. The second kappa shape index (κ2) is 6.55. The molecule has 4 rings (SSSR count). The molecule has 1 amide bonds. The zero-order valence-corrected chi connectivity index (χ0v) is 13.7. The minimum atomic E-state index is -0.365. The number of aryl methyl sites for hydroxylation is 1. The van der Waals surface area contributed by atoms with Crippen LogP contribution in [0.1, 0.15) is 16.1 Å². The number of pyridine rings is 2. The molecule has 9 nitrogen and oxygen atoms in total. The van der Waals surface area contributed by atoms with Crippen LogP contribution in [0.2, 0.25) is 0 Å². The van der Waals surface area contributed by atoms with E-state index in [-0.39, 0.29) is 5.91 Å². The van der Waals surface area contributed by atoms with E-state index in [1.807, 2.05) is 19.1 Å². The molecule has 0 radical (unpaired) electrons. The van der Waals surface area contributed by atoms with Gasteiger partial charge in [-0.1, -0.05) is 6.07 Å². The fourth-order valence-corrected chi connectivity index (χ4v) is 2.40. The van der Waals surface area contributed by atoms with Crippen molar-refractivity contribution in [3.05, 3.63) is 66.8 Å². The molecular formula is C17H13N7O2. The molecule has 9 heteroatoms. The van der Waals surface area contributed by atoms with Gasteiger partial charge < -0.3 is 10.1 Å². The van der Waals surface area contributed by atoms with E-state index in [0.29, 0.717) is 28.5 Å². The number of amides is 1. The Labute approximate surface area is 147 Å². The van der Waals surface area contributed by atoms with Gasteiger partial charge in [0.05, 0.1) is 24.2 Å². The molecule has 0 aliphatic heterocycles. The maximum atomic E-state index is 12.7. The number of hydrogen-bond acceptors (Lipinski definition) is 7. The number of hydrogen-bond donors (Lipinski definition) is 1. The van der Waals surface area contributed by atoms with E-state index >= 15 is 0 Å². The van der Waals surface area contributed by atoms with E-state index in [1.54, 1.807) is 18.3 Å². The van der Waals surface area contributed by atoms with Gasteiger partial charge in [0.2, 0.25) is 0 Å². The number of carbonyl (C=O) groups excluding carboxylic acids is 1. The summed E-state index contributed by atoms with van der Waals surface area (Å²) in [5, 5.41) is 6.84. The van der Waals surface area contributed by atoms with Crippen molar-refractivity contribution in [1.82, 2.24) is 29.5 Å². The third-order valence-electron chi connectivity index (χ3n) is 3.50. The van der Waals surface area contributed by atoms with Crippen LogP contribution >= 0.6 is 0 Å². The first-order valence-electron chi connectivity index (χ1n) is 7.70. The molecule has 0 saturated carbocycles. The van der Waals surface area contributed by atoms with Gasteiger partial charge in [-0.25, -0.2) is 24.5 Å². The predicted octanol–water partition coefficient (Wildman–Crippen LogP) is 2.27. The SMILES string of the molecule is Cc1cccc(NC(=O)c2cc(Oc3cncnc3)cn3ncnc23)n1. The Hall–Kier alpha value is -3.88. The molecule has 1 N–H and O–H groups in total. The van der Waals surface area contributed by atoms with Gasteiger partial charge in [0.25, 0.3) is 5.91 Å². The lowest BCUT2D eigenvalue weighted by Gasteiger charge is -2.09. The first kappa shape index (κ1) is 15.6. The van der Waals surface area contributed by atoms with Gasteiger partial charge in [-0.2, -0.15) is 5.10 Å². The summed E-state index contributed by atoms with van der Waals surface area (Å²) in [6.45, 7) is 1.85. The summed E-state index contributed by atoms with van der Waals surface area (Å²) >= 11 is 0. The number of nitrogens with one attached hydrogen (secondary N) is 1. The molecule has 0 aliphatic rings. The summed E-state index contributed by atoms with van der Waals surface area (Å²) in [4.78, 5) is 28.9. The summed E-state index contributed by atoms with van der Waals surface area (Å²) in [7, 11) is 0. The zero-order chi connectivity index (χ0) is 17.9. The minimum absolute atomic E-state index is 0.306. The summed E-state index contributed by atoms with van der Waals surface area (Å²) in [5.41, 5.74) is 1.52. The van der Waals surface area contributed by atoms with E-state index in [0.717, 1.165) is 5.69 Å². The van der Waals surface area contributed by atoms with Gasteiger partial charge in [0, 0.05) is 5.69 Å². The van der Waals surface area contributed by atoms with Gasteiger partial charge in [-0.05, 0) is 25.1 Å². The quantitative estimate of drug-likeness (QED) is 0.603. The number of aromatic nitrogens is 6. The Kier molecular flexibility index (Phi) is 3.94. The Bertz CT molecular complexity index is 1080. The third kappa shape index (κ3) is 3.18. The molecule has 0 spiro atoms. The highest BCUT2D eigenvalue weighted by Gasteiger charge is 2.16. The van der Waals surface area contributed by atoms with Crippen molar-refractivity contribution in [2.24, 2.45) is 0 Å². The topological polar surface area (TPSA) is 107 Å². The molecule has 26 heavy (non-hydrogen) atoms. The van der Waals surface area contributed by atoms with Crippen molar-refractivity contribution in [1.29, 1.82) is 0 Å². The Balaban J connectivity index is 1.69. The van der Waals surface area contributed by atoms with E-state index in [4.69, 9.17) is 4.74 Å². The number of anilines is 1. The molecule has 4 aromatic heterocycles. The predicted molar refractivity (Wildman–Crippen MR) is 92.0 cm³/mol. The first-order chi connectivity index (χ1) is 12.7. The average molecular weight is 347 g/mol. The number of ether oxygens (including phenoxy) is 1. The van der Waals surface area contributed by atoms with Gasteiger partial charge in [0.1, 0.15) is 24.2 Å². The van der Waals surface area contributed by atoms with Crippen LogP contribution in [-0.4, -0.2) is 35.5 Å². The standard InChI is InChI=1S/C17H13N7O2/c1-11-3-2-4-15(22-11)23-17(25)14-5-12(8-24-16(14)20-10-21-24)26-13-6-18-9-19-7-13/h2-10H,1H3,(H,22,23,25). The fraction of sp³-hybridized carbons (Fsp3) is 0.0588. The van der Waals surface area contributed by atoms with Crippen LogP contribution in [0, 0.1) is 6.92 Å². The van der Waals surface area contributed by atoms with Crippen LogP contribution < -0.4 is 10.1 Å². The molecule has 0 fully saturated rings. The number of nitrogens with zero attached hydrogens (tertiary/aromatic N) is 6. The monoisotopic (exact) mass is 347 g/mol. The minimum Gasteiger partial charge on any atom is -0.452 e. The Morgan fingerprint density at radius 1 is 1.15 bits per heavy atom. The Morgan fingerprint density at radius 2 is 2.00 bits per heavy atom. The van der Waals surface area contributed by atoms with Crippen LogP contribution in [0.5, 0.6) is 11.5 Å². The molecule has 0 bridgehead atoms. The highest BCUT2D eigenvalue weighted by molar-refractivity contribution is 6.08. The van der Waals surface area contributed by atoms with E-state index < -0.39 is 0 Å². The van der Waals surface area contributed by atoms with Crippen LogP contribution in [0.4, 0.5) is 5.82 Å². The molecule has 0 atom stereocenters. The van der Waals surface area contributed by atoms with Crippen LogP contribution in [0.3, 0.4) is 0 Å². The van der Waals surface area contributed by atoms with Crippen molar-refractivity contribution >= 4 is 17.4 Å². The lowest BCUT2D eigenvalue weighted by atomic mass is 10.2. The van der Waals surface area contributed by atoms with Crippen molar-refractivity contribution < 1.29 is 9.53 Å². The van der Waals surface area contributed by atoms with Crippen molar-refractivity contribution in [2.45, 2.75) is 6.92 Å². The third-order valence-corrected chi connectivity index (χ3v) is 3.50. The van der Waals surface area contributed by atoms with Crippen LogP contribution in [-0.2, 0) is 0 Å². The lowest BCUT2D eigenvalue weighted by Crippen LogP contribution is -2.15.